The molecule has 0 aromatic heterocycles. The molecule has 1 aliphatic rings. The van der Waals surface area contributed by atoms with Crippen molar-refractivity contribution in [3.63, 3.8) is 0 Å². The van der Waals surface area contributed by atoms with E-state index in [0.717, 1.165) is 30.4 Å². The molecule has 2 atom stereocenters. The minimum Gasteiger partial charge on any atom is -0.481 e. The first kappa shape index (κ1) is 15.3. The van der Waals surface area contributed by atoms with Gasteiger partial charge in [-0.15, -0.1) is 0 Å². The summed E-state index contributed by atoms with van der Waals surface area (Å²) in [4.78, 5) is 22.8. The Morgan fingerprint density at radius 3 is 2.90 bits per heavy atom. The van der Waals surface area contributed by atoms with Gasteiger partial charge in [-0.05, 0) is 49.4 Å². The number of rotatable bonds is 3. The van der Waals surface area contributed by atoms with Crippen molar-refractivity contribution in [2.75, 3.05) is 7.05 Å². The number of hydrogen-bond donors (Lipinski definition) is 3. The molecule has 0 saturated carbocycles. The highest BCUT2D eigenvalue weighted by atomic mass is 16.5. The van der Waals surface area contributed by atoms with E-state index >= 15 is 0 Å². The summed E-state index contributed by atoms with van der Waals surface area (Å²) in [6.45, 7) is 1.56. The van der Waals surface area contributed by atoms with Crippen LogP contribution in [0.3, 0.4) is 0 Å². The van der Waals surface area contributed by atoms with Gasteiger partial charge in [-0.25, -0.2) is 4.79 Å². The average Bonchev–Trinajstić information content (AvgIpc) is 2.47. The Morgan fingerprint density at radius 1 is 1.43 bits per heavy atom. The second-order valence-electron chi connectivity index (χ2n) is 5.10. The van der Waals surface area contributed by atoms with Crippen LogP contribution in [0.5, 0.6) is 5.75 Å². The van der Waals surface area contributed by atoms with Gasteiger partial charge in [0.15, 0.2) is 6.10 Å². The van der Waals surface area contributed by atoms with E-state index in [-0.39, 0.29) is 0 Å². The van der Waals surface area contributed by atoms with Crippen LogP contribution in [0.4, 0.5) is 4.79 Å². The number of ether oxygens (including phenoxy) is 1. The SMILES string of the molecule is CNC(=O)NC(=O)C(C)Oc1ccc2c(c1)[C@H](O)CCC2. The number of carbonyl (C=O) groups excluding carboxylic acids is 2. The zero-order valence-electron chi connectivity index (χ0n) is 12.2. The van der Waals surface area contributed by atoms with E-state index in [2.05, 4.69) is 10.6 Å². The minimum atomic E-state index is -0.805. The maximum Gasteiger partial charge on any atom is 0.321 e. The summed E-state index contributed by atoms with van der Waals surface area (Å²) in [7, 11) is 1.43. The first-order valence-corrected chi connectivity index (χ1v) is 7.01. The van der Waals surface area contributed by atoms with Crippen molar-refractivity contribution in [3.05, 3.63) is 29.3 Å². The fourth-order valence-corrected chi connectivity index (χ4v) is 2.36. The fourth-order valence-electron chi connectivity index (χ4n) is 2.36. The number of benzene rings is 1. The summed E-state index contributed by atoms with van der Waals surface area (Å²) < 4.78 is 5.53. The molecule has 0 bridgehead atoms. The summed E-state index contributed by atoms with van der Waals surface area (Å²) in [5, 5.41) is 14.5. The van der Waals surface area contributed by atoms with Gasteiger partial charge in [0.05, 0.1) is 6.10 Å². The molecule has 0 spiro atoms. The van der Waals surface area contributed by atoms with Gasteiger partial charge >= 0.3 is 6.03 Å². The molecular formula is C15H20N2O4. The number of nitrogens with one attached hydrogen (secondary N) is 2. The fraction of sp³-hybridized carbons (Fsp3) is 0.467. The lowest BCUT2D eigenvalue weighted by Gasteiger charge is -2.22. The molecule has 6 heteroatoms. The van der Waals surface area contributed by atoms with Crippen LogP contribution in [-0.2, 0) is 11.2 Å². The zero-order valence-corrected chi connectivity index (χ0v) is 12.2. The maximum absolute atomic E-state index is 11.7. The molecule has 1 aliphatic carbocycles. The van der Waals surface area contributed by atoms with Gasteiger partial charge in [-0.2, -0.15) is 0 Å². The Morgan fingerprint density at radius 2 is 2.19 bits per heavy atom. The van der Waals surface area contributed by atoms with E-state index in [9.17, 15) is 14.7 Å². The summed E-state index contributed by atoms with van der Waals surface area (Å²) in [6.07, 6.45) is 1.37. The molecule has 6 nitrogen and oxygen atoms in total. The Bertz CT molecular complexity index is 544. The smallest absolute Gasteiger partial charge is 0.321 e. The van der Waals surface area contributed by atoms with Crippen LogP contribution in [0, 0.1) is 0 Å². The standard InChI is InChI=1S/C15H20N2O4/c1-9(14(19)17-15(20)16-2)21-11-7-6-10-4-3-5-13(18)12(10)8-11/h6-9,13,18H,3-5H2,1-2H3,(H2,16,17,19,20)/t9?,13-/m1/s1. The Kier molecular flexibility index (Phi) is 4.80. The summed E-state index contributed by atoms with van der Waals surface area (Å²) >= 11 is 0. The first-order chi connectivity index (χ1) is 10.0. The third kappa shape index (κ3) is 3.72. The second kappa shape index (κ2) is 6.58. The molecule has 1 unspecified atom stereocenters. The van der Waals surface area contributed by atoms with Crippen molar-refractivity contribution in [3.8, 4) is 5.75 Å². The van der Waals surface area contributed by atoms with E-state index in [0.29, 0.717) is 5.75 Å². The van der Waals surface area contributed by atoms with Crippen molar-refractivity contribution in [2.24, 2.45) is 0 Å². The van der Waals surface area contributed by atoms with Gasteiger partial charge < -0.3 is 15.2 Å². The molecule has 1 aromatic carbocycles. The van der Waals surface area contributed by atoms with Gasteiger partial charge in [0.1, 0.15) is 5.75 Å². The number of aliphatic hydroxyl groups excluding tert-OH is 1. The van der Waals surface area contributed by atoms with Crippen LogP contribution < -0.4 is 15.4 Å². The van der Waals surface area contributed by atoms with E-state index in [4.69, 9.17) is 4.74 Å². The van der Waals surface area contributed by atoms with Crippen LogP contribution in [-0.4, -0.2) is 30.2 Å². The molecular weight excluding hydrogens is 272 g/mol. The predicted octanol–water partition coefficient (Wildman–Crippen LogP) is 1.28. The molecule has 1 aromatic rings. The Labute approximate surface area is 123 Å². The van der Waals surface area contributed by atoms with Crippen molar-refractivity contribution in [2.45, 2.75) is 38.4 Å². The molecule has 3 amide bonds. The lowest BCUT2D eigenvalue weighted by molar-refractivity contribution is -0.126. The van der Waals surface area contributed by atoms with Crippen molar-refractivity contribution in [1.29, 1.82) is 0 Å². The van der Waals surface area contributed by atoms with Gasteiger partial charge in [-0.1, -0.05) is 6.07 Å². The summed E-state index contributed by atoms with van der Waals surface area (Å²) in [6, 6.07) is 4.89. The van der Waals surface area contributed by atoms with Crippen LogP contribution in [0.15, 0.2) is 18.2 Å². The van der Waals surface area contributed by atoms with Gasteiger partial charge in [-0.3, -0.25) is 10.1 Å². The topological polar surface area (TPSA) is 87.7 Å². The number of amides is 3. The zero-order chi connectivity index (χ0) is 15.4. The number of hydrogen-bond acceptors (Lipinski definition) is 4. The van der Waals surface area contributed by atoms with Crippen molar-refractivity contribution >= 4 is 11.9 Å². The molecule has 0 fully saturated rings. The molecule has 114 valence electrons. The van der Waals surface area contributed by atoms with E-state index < -0.39 is 24.1 Å². The molecule has 0 heterocycles. The van der Waals surface area contributed by atoms with E-state index in [1.54, 1.807) is 19.1 Å². The van der Waals surface area contributed by atoms with Crippen LogP contribution in [0.25, 0.3) is 0 Å². The van der Waals surface area contributed by atoms with Crippen LogP contribution in [0.2, 0.25) is 0 Å². The van der Waals surface area contributed by atoms with Gasteiger partial charge in [0.2, 0.25) is 0 Å². The van der Waals surface area contributed by atoms with Gasteiger partial charge in [0, 0.05) is 7.05 Å². The first-order valence-electron chi connectivity index (χ1n) is 7.01. The highest BCUT2D eigenvalue weighted by Crippen LogP contribution is 2.32. The third-order valence-corrected chi connectivity index (χ3v) is 3.55. The number of aliphatic hydroxyl groups is 1. The quantitative estimate of drug-likeness (QED) is 0.783. The number of fused-ring (bicyclic) bond motifs is 1. The van der Waals surface area contributed by atoms with E-state index in [1.807, 2.05) is 6.07 Å². The Balaban J connectivity index is 2.04. The third-order valence-electron chi connectivity index (χ3n) is 3.55. The molecule has 0 saturated heterocycles. The van der Waals surface area contributed by atoms with Gasteiger partial charge in [0.25, 0.3) is 5.91 Å². The van der Waals surface area contributed by atoms with E-state index in [1.165, 1.54) is 7.05 Å². The molecule has 2 rings (SSSR count). The largest absolute Gasteiger partial charge is 0.481 e. The number of urea groups is 1. The minimum absolute atomic E-state index is 0.479. The normalized spacial score (nSPS) is 18.3. The summed E-state index contributed by atoms with van der Waals surface area (Å²) in [5.41, 5.74) is 1.97. The molecule has 0 radical (unpaired) electrons. The number of imide groups is 1. The number of carbonyl (C=O) groups is 2. The number of aryl methyl sites for hydroxylation is 1. The lowest BCUT2D eigenvalue weighted by Crippen LogP contribution is -2.43. The molecule has 3 N–H and O–H groups in total. The highest BCUT2D eigenvalue weighted by Gasteiger charge is 2.21. The molecule has 21 heavy (non-hydrogen) atoms. The lowest BCUT2D eigenvalue weighted by atomic mass is 9.89. The van der Waals surface area contributed by atoms with Crippen molar-refractivity contribution < 1.29 is 19.4 Å². The monoisotopic (exact) mass is 292 g/mol. The molecule has 0 aliphatic heterocycles. The van der Waals surface area contributed by atoms with Crippen LogP contribution >= 0.6 is 0 Å². The summed E-state index contributed by atoms with van der Waals surface area (Å²) in [5.74, 6) is -0.0122. The Hall–Kier alpha value is -2.08. The predicted molar refractivity (Wildman–Crippen MR) is 77.0 cm³/mol. The highest BCUT2D eigenvalue weighted by molar-refractivity contribution is 5.96. The van der Waals surface area contributed by atoms with Crippen LogP contribution in [0.1, 0.15) is 37.0 Å². The second-order valence-corrected chi connectivity index (χ2v) is 5.10. The average molecular weight is 292 g/mol. The van der Waals surface area contributed by atoms with Crippen molar-refractivity contribution in [1.82, 2.24) is 10.6 Å². The maximum atomic E-state index is 11.7.